The molecular weight excluding hydrogens is 310 g/mol. The third-order valence-corrected chi connectivity index (χ3v) is 3.38. The van der Waals surface area contributed by atoms with E-state index in [0.29, 0.717) is 18.8 Å². The van der Waals surface area contributed by atoms with Gasteiger partial charge in [0.15, 0.2) is 5.82 Å². The zero-order valence-electron chi connectivity index (χ0n) is 13.7. The Labute approximate surface area is 139 Å². The molecule has 0 spiro atoms. The molecule has 2 rings (SSSR count). The van der Waals surface area contributed by atoms with E-state index in [4.69, 9.17) is 4.74 Å². The van der Waals surface area contributed by atoms with Gasteiger partial charge in [0, 0.05) is 24.6 Å². The van der Waals surface area contributed by atoms with Crippen LogP contribution < -0.4 is 15.8 Å². The number of hydrogen-bond donors (Lipinski definition) is 2. The van der Waals surface area contributed by atoms with E-state index in [0.717, 1.165) is 17.7 Å². The third kappa shape index (κ3) is 5.42. The number of carbonyl (C=O) groups excluding carboxylic acids is 1. The van der Waals surface area contributed by atoms with Gasteiger partial charge >= 0.3 is 5.76 Å². The molecule has 24 heavy (non-hydrogen) atoms. The number of rotatable bonds is 8. The lowest BCUT2D eigenvalue weighted by molar-refractivity contribution is -0.116. The molecule has 1 unspecified atom stereocenters. The van der Waals surface area contributed by atoms with Crippen molar-refractivity contribution in [3.8, 4) is 5.75 Å². The van der Waals surface area contributed by atoms with Gasteiger partial charge in [-0.05, 0) is 25.5 Å². The number of amides is 1. The molecule has 7 nitrogen and oxygen atoms in total. The molecule has 2 N–H and O–H groups in total. The lowest BCUT2D eigenvalue weighted by atomic mass is 10.2. The van der Waals surface area contributed by atoms with Crippen LogP contribution in [0.4, 0.5) is 0 Å². The maximum atomic E-state index is 11.8. The number of aromatic nitrogens is 2. The molecule has 0 radical (unpaired) electrons. The Hall–Kier alpha value is -2.83. The van der Waals surface area contributed by atoms with E-state index >= 15 is 0 Å². The van der Waals surface area contributed by atoms with E-state index in [1.165, 1.54) is 6.08 Å². The van der Waals surface area contributed by atoms with Crippen LogP contribution in [0.15, 0.2) is 39.7 Å². The summed E-state index contributed by atoms with van der Waals surface area (Å²) < 4.78 is 10.2. The van der Waals surface area contributed by atoms with Gasteiger partial charge in [-0.15, -0.1) is 0 Å². The van der Waals surface area contributed by atoms with E-state index in [1.807, 2.05) is 31.2 Å². The van der Waals surface area contributed by atoms with E-state index in [9.17, 15) is 9.59 Å². The molecule has 0 aliphatic heterocycles. The fourth-order valence-electron chi connectivity index (χ4n) is 1.92. The second-order valence-electron chi connectivity index (χ2n) is 5.29. The molecule has 1 heterocycles. The Morgan fingerprint density at radius 3 is 2.96 bits per heavy atom. The summed E-state index contributed by atoms with van der Waals surface area (Å²) >= 11 is 0. The first-order valence-electron chi connectivity index (χ1n) is 7.85. The highest BCUT2D eigenvalue weighted by molar-refractivity contribution is 5.92. The molecule has 0 bridgehead atoms. The molecule has 128 valence electrons. The van der Waals surface area contributed by atoms with E-state index in [2.05, 4.69) is 26.9 Å². The van der Waals surface area contributed by atoms with Crippen molar-refractivity contribution in [2.75, 3.05) is 6.54 Å². The zero-order valence-corrected chi connectivity index (χ0v) is 13.7. The normalized spacial score (nSPS) is 12.2. The Balaban J connectivity index is 1.88. The lowest BCUT2D eigenvalue weighted by Crippen LogP contribution is -2.24. The van der Waals surface area contributed by atoms with Crippen LogP contribution in [0.25, 0.3) is 6.08 Å². The molecule has 0 saturated carbocycles. The van der Waals surface area contributed by atoms with Crippen LogP contribution in [0.5, 0.6) is 5.75 Å². The number of para-hydroxylation sites is 1. The van der Waals surface area contributed by atoms with Gasteiger partial charge in [-0.3, -0.25) is 14.3 Å². The number of carbonyl (C=O) groups is 1. The predicted octanol–water partition coefficient (Wildman–Crippen LogP) is 1.91. The highest BCUT2D eigenvalue weighted by atomic mass is 16.5. The molecule has 1 atom stereocenters. The van der Waals surface area contributed by atoms with E-state index < -0.39 is 5.76 Å². The number of H-pyrrole nitrogens is 1. The number of nitrogens with one attached hydrogen (secondary N) is 2. The Morgan fingerprint density at radius 1 is 1.46 bits per heavy atom. The smallest absolute Gasteiger partial charge is 0.438 e. The van der Waals surface area contributed by atoms with Crippen molar-refractivity contribution in [1.82, 2.24) is 15.5 Å². The van der Waals surface area contributed by atoms with Crippen molar-refractivity contribution in [1.29, 1.82) is 0 Å². The Kier molecular flexibility index (Phi) is 6.36. The lowest BCUT2D eigenvalue weighted by Gasteiger charge is -2.14. The summed E-state index contributed by atoms with van der Waals surface area (Å²) in [4.78, 5) is 25.0. The second-order valence-corrected chi connectivity index (χ2v) is 5.29. The van der Waals surface area contributed by atoms with Crippen LogP contribution >= 0.6 is 0 Å². The summed E-state index contributed by atoms with van der Waals surface area (Å²) in [6.07, 6.45) is 4.56. The number of aromatic amines is 1. The van der Waals surface area contributed by atoms with Gasteiger partial charge < -0.3 is 10.1 Å². The summed E-state index contributed by atoms with van der Waals surface area (Å²) in [6.45, 7) is 4.40. The zero-order chi connectivity index (χ0) is 17.4. The highest BCUT2D eigenvalue weighted by Gasteiger charge is 2.05. The van der Waals surface area contributed by atoms with Gasteiger partial charge in [0.25, 0.3) is 0 Å². The fourth-order valence-corrected chi connectivity index (χ4v) is 1.92. The molecule has 0 aliphatic carbocycles. The SMILES string of the molecule is CCC(C)Oc1ccccc1/C=C/C(=O)NCCc1noc(=O)[nH]1. The number of ether oxygens (including phenoxy) is 1. The van der Waals surface area contributed by atoms with Crippen molar-refractivity contribution in [2.24, 2.45) is 0 Å². The van der Waals surface area contributed by atoms with Crippen molar-refractivity contribution in [3.05, 3.63) is 52.3 Å². The van der Waals surface area contributed by atoms with Crippen LogP contribution in [0.2, 0.25) is 0 Å². The van der Waals surface area contributed by atoms with Crippen molar-refractivity contribution >= 4 is 12.0 Å². The summed E-state index contributed by atoms with van der Waals surface area (Å²) in [5.41, 5.74) is 0.841. The molecule has 1 amide bonds. The Morgan fingerprint density at radius 2 is 2.25 bits per heavy atom. The standard InChI is InChI=1S/C17H21N3O4/c1-3-12(2)23-14-7-5-4-6-13(14)8-9-16(21)18-11-10-15-19-17(22)24-20-15/h4-9,12H,3,10-11H2,1-2H3,(H,18,21)(H,19,20,22)/b9-8+. The minimum Gasteiger partial charge on any atom is -0.490 e. The van der Waals surface area contributed by atoms with Crippen LogP contribution in [0, 0.1) is 0 Å². The van der Waals surface area contributed by atoms with E-state index in [-0.39, 0.29) is 12.0 Å². The average molecular weight is 331 g/mol. The molecular formula is C17H21N3O4. The number of nitrogens with zero attached hydrogens (tertiary/aromatic N) is 1. The fraction of sp³-hybridized carbons (Fsp3) is 0.353. The summed E-state index contributed by atoms with van der Waals surface area (Å²) in [7, 11) is 0. The van der Waals surface area contributed by atoms with Gasteiger partial charge in [-0.1, -0.05) is 30.3 Å². The molecule has 0 saturated heterocycles. The molecule has 0 aliphatic rings. The van der Waals surface area contributed by atoms with Crippen molar-refractivity contribution in [3.63, 3.8) is 0 Å². The first-order valence-corrected chi connectivity index (χ1v) is 7.85. The average Bonchev–Trinajstić information content (AvgIpc) is 2.99. The van der Waals surface area contributed by atoms with Crippen LogP contribution in [0.1, 0.15) is 31.7 Å². The predicted molar refractivity (Wildman–Crippen MR) is 89.7 cm³/mol. The third-order valence-electron chi connectivity index (χ3n) is 3.38. The largest absolute Gasteiger partial charge is 0.490 e. The summed E-state index contributed by atoms with van der Waals surface area (Å²) in [5.74, 6) is 0.306. The molecule has 0 fully saturated rings. The van der Waals surface area contributed by atoms with Gasteiger partial charge in [-0.2, -0.15) is 0 Å². The van der Waals surface area contributed by atoms with Crippen LogP contribution in [-0.4, -0.2) is 28.7 Å². The van der Waals surface area contributed by atoms with Crippen LogP contribution in [-0.2, 0) is 11.2 Å². The summed E-state index contributed by atoms with van der Waals surface area (Å²) in [5, 5.41) is 6.24. The maximum Gasteiger partial charge on any atom is 0.438 e. The van der Waals surface area contributed by atoms with Gasteiger partial charge in [0.05, 0.1) is 6.10 Å². The quantitative estimate of drug-likeness (QED) is 0.720. The summed E-state index contributed by atoms with van der Waals surface area (Å²) in [6, 6.07) is 7.56. The van der Waals surface area contributed by atoms with Gasteiger partial charge in [0.2, 0.25) is 5.91 Å². The first-order chi connectivity index (χ1) is 11.6. The molecule has 1 aromatic heterocycles. The monoisotopic (exact) mass is 331 g/mol. The second kappa shape index (κ2) is 8.71. The molecule has 7 heteroatoms. The minimum atomic E-state index is -0.603. The highest BCUT2D eigenvalue weighted by Crippen LogP contribution is 2.21. The first kappa shape index (κ1) is 17.5. The van der Waals surface area contributed by atoms with Crippen LogP contribution in [0.3, 0.4) is 0 Å². The maximum absolute atomic E-state index is 11.8. The number of benzene rings is 1. The number of hydrogen-bond acceptors (Lipinski definition) is 5. The Bertz CT molecular complexity index is 748. The van der Waals surface area contributed by atoms with Crippen molar-refractivity contribution < 1.29 is 14.1 Å². The molecule has 1 aromatic carbocycles. The van der Waals surface area contributed by atoms with Gasteiger partial charge in [0.1, 0.15) is 5.75 Å². The van der Waals surface area contributed by atoms with Gasteiger partial charge in [-0.25, -0.2) is 4.79 Å². The molecule has 2 aromatic rings. The topological polar surface area (TPSA) is 97.2 Å². The minimum absolute atomic E-state index is 0.109. The van der Waals surface area contributed by atoms with Crippen molar-refractivity contribution in [2.45, 2.75) is 32.8 Å². The van der Waals surface area contributed by atoms with E-state index in [1.54, 1.807) is 6.08 Å².